The van der Waals surface area contributed by atoms with E-state index in [2.05, 4.69) is 53.2 Å². The molecule has 1 saturated heterocycles. The maximum Gasteiger partial charge on any atom is 0.0802 e. The summed E-state index contributed by atoms with van der Waals surface area (Å²) in [5, 5.41) is 3.58. The summed E-state index contributed by atoms with van der Waals surface area (Å²) >= 11 is 2.45. The Kier molecular flexibility index (Phi) is 5.41. The van der Waals surface area contributed by atoms with Gasteiger partial charge in [0.25, 0.3) is 0 Å². The van der Waals surface area contributed by atoms with E-state index in [1.54, 1.807) is 0 Å². The van der Waals surface area contributed by atoms with E-state index in [1.165, 1.54) is 6.42 Å². The Morgan fingerprint density at radius 1 is 1.64 bits per heavy atom. The van der Waals surface area contributed by atoms with Gasteiger partial charge < -0.3 is 5.32 Å². The van der Waals surface area contributed by atoms with Crippen LogP contribution in [0.1, 0.15) is 20.3 Å². The van der Waals surface area contributed by atoms with Crippen molar-refractivity contribution in [3.8, 4) is 0 Å². The van der Waals surface area contributed by atoms with Gasteiger partial charge in [-0.25, -0.2) is 0 Å². The number of nitrogens with zero attached hydrogens (tertiary/aromatic N) is 1. The molecule has 0 saturated carbocycles. The number of halogens is 1. The van der Waals surface area contributed by atoms with Crippen LogP contribution in [0.25, 0.3) is 0 Å². The van der Waals surface area contributed by atoms with Crippen molar-refractivity contribution >= 4 is 22.6 Å². The Balaban J connectivity index is 2.39. The zero-order chi connectivity index (χ0) is 10.6. The van der Waals surface area contributed by atoms with Gasteiger partial charge in [0.05, 0.1) is 4.05 Å². The van der Waals surface area contributed by atoms with Crippen molar-refractivity contribution < 1.29 is 0 Å². The molecule has 1 fully saturated rings. The fourth-order valence-electron chi connectivity index (χ4n) is 1.95. The molecular weight excluding hydrogens is 287 g/mol. The lowest BCUT2D eigenvalue weighted by Gasteiger charge is -2.36. The van der Waals surface area contributed by atoms with Gasteiger partial charge in [0.2, 0.25) is 0 Å². The molecule has 2 atom stereocenters. The molecule has 0 aromatic carbocycles. The second kappa shape index (κ2) is 6.08. The predicted molar refractivity (Wildman–Crippen MR) is 70.8 cm³/mol. The van der Waals surface area contributed by atoms with Crippen LogP contribution in [0.4, 0.5) is 0 Å². The molecule has 1 aliphatic heterocycles. The summed E-state index contributed by atoms with van der Waals surface area (Å²) in [4.78, 5) is 2.50. The minimum Gasteiger partial charge on any atom is -0.311 e. The van der Waals surface area contributed by atoms with Gasteiger partial charge in [-0.15, -0.1) is 6.58 Å². The van der Waals surface area contributed by atoms with Crippen molar-refractivity contribution in [1.82, 2.24) is 10.2 Å². The summed E-state index contributed by atoms with van der Waals surface area (Å²) in [5.74, 6) is 0.781. The highest BCUT2D eigenvalue weighted by atomic mass is 127. The van der Waals surface area contributed by atoms with E-state index in [4.69, 9.17) is 0 Å². The van der Waals surface area contributed by atoms with Crippen LogP contribution in [0.2, 0.25) is 0 Å². The van der Waals surface area contributed by atoms with Crippen molar-refractivity contribution in [2.75, 3.05) is 19.6 Å². The van der Waals surface area contributed by atoms with Gasteiger partial charge in [-0.2, -0.15) is 0 Å². The molecule has 0 spiro atoms. The molecule has 0 aromatic rings. The van der Waals surface area contributed by atoms with E-state index < -0.39 is 0 Å². The fraction of sp³-hybridized carbons (Fsp3) is 0.818. The monoisotopic (exact) mass is 308 g/mol. The van der Waals surface area contributed by atoms with Crippen molar-refractivity contribution in [3.05, 3.63) is 12.7 Å². The molecule has 0 bridgehead atoms. The largest absolute Gasteiger partial charge is 0.311 e. The Morgan fingerprint density at radius 2 is 2.36 bits per heavy atom. The third-order valence-electron chi connectivity index (χ3n) is 2.59. The first-order chi connectivity index (χ1) is 6.63. The fourth-order valence-corrected chi connectivity index (χ4v) is 2.46. The average Bonchev–Trinajstić information content (AvgIpc) is 2.16. The molecule has 3 heteroatoms. The Hall–Kier alpha value is 0.390. The first-order valence-corrected chi connectivity index (χ1v) is 6.62. The van der Waals surface area contributed by atoms with Crippen molar-refractivity contribution in [2.24, 2.45) is 5.92 Å². The lowest BCUT2D eigenvalue weighted by atomic mass is 10.0. The molecule has 82 valence electrons. The highest BCUT2D eigenvalue weighted by molar-refractivity contribution is 14.1. The minimum atomic E-state index is 0.490. The average molecular weight is 308 g/mol. The van der Waals surface area contributed by atoms with Gasteiger partial charge in [-0.1, -0.05) is 42.5 Å². The van der Waals surface area contributed by atoms with E-state index in [0.717, 1.165) is 25.6 Å². The van der Waals surface area contributed by atoms with Gasteiger partial charge in [0.1, 0.15) is 0 Å². The Labute approximate surface area is 101 Å². The zero-order valence-electron chi connectivity index (χ0n) is 9.17. The number of hydrogen-bond donors (Lipinski definition) is 1. The van der Waals surface area contributed by atoms with Gasteiger partial charge in [0, 0.05) is 25.7 Å². The van der Waals surface area contributed by atoms with E-state index in [0.29, 0.717) is 10.1 Å². The van der Waals surface area contributed by atoms with Crippen LogP contribution in [0.3, 0.4) is 0 Å². The third-order valence-corrected chi connectivity index (χ3v) is 3.88. The second-order valence-electron chi connectivity index (χ2n) is 4.38. The van der Waals surface area contributed by atoms with Gasteiger partial charge >= 0.3 is 0 Å². The highest BCUT2D eigenvalue weighted by Gasteiger charge is 2.22. The summed E-state index contributed by atoms with van der Waals surface area (Å²) in [5.41, 5.74) is 0. The molecule has 1 aliphatic rings. The zero-order valence-corrected chi connectivity index (χ0v) is 11.3. The van der Waals surface area contributed by atoms with Crippen LogP contribution in [-0.2, 0) is 0 Å². The number of alkyl halides is 1. The number of nitrogens with one attached hydrogen (secondary N) is 1. The topological polar surface area (TPSA) is 15.3 Å². The van der Waals surface area contributed by atoms with Crippen LogP contribution in [0.5, 0.6) is 0 Å². The van der Waals surface area contributed by atoms with E-state index >= 15 is 0 Å². The molecule has 2 nitrogen and oxygen atoms in total. The van der Waals surface area contributed by atoms with Crippen molar-refractivity contribution in [3.63, 3.8) is 0 Å². The first-order valence-electron chi connectivity index (χ1n) is 5.37. The smallest absolute Gasteiger partial charge is 0.0802 e. The standard InChI is InChI=1S/C11H21IN2/c1-4-11(12)14-6-5-13-10(8-14)7-9(2)3/h4,9-11,13H,1,5-8H2,2-3H3. The quantitative estimate of drug-likeness (QED) is 0.371. The molecular formula is C11H21IN2. The second-order valence-corrected chi connectivity index (χ2v) is 5.66. The molecule has 0 aliphatic carbocycles. The summed E-state index contributed by atoms with van der Waals surface area (Å²) in [6.07, 6.45) is 3.30. The summed E-state index contributed by atoms with van der Waals surface area (Å²) in [7, 11) is 0. The van der Waals surface area contributed by atoms with E-state index in [9.17, 15) is 0 Å². The Bertz CT molecular complexity index is 182. The lowest BCUT2D eigenvalue weighted by Crippen LogP contribution is -2.52. The van der Waals surface area contributed by atoms with Gasteiger partial charge in [-0.05, 0) is 12.3 Å². The van der Waals surface area contributed by atoms with Crippen molar-refractivity contribution in [1.29, 1.82) is 0 Å². The van der Waals surface area contributed by atoms with E-state index in [1.807, 2.05) is 6.08 Å². The highest BCUT2D eigenvalue weighted by Crippen LogP contribution is 2.15. The summed E-state index contributed by atoms with van der Waals surface area (Å²) < 4.78 is 0.490. The molecule has 0 amide bonds. The first kappa shape index (κ1) is 12.5. The van der Waals surface area contributed by atoms with Crippen LogP contribution in [-0.4, -0.2) is 34.6 Å². The van der Waals surface area contributed by atoms with Crippen LogP contribution >= 0.6 is 22.6 Å². The SMILES string of the molecule is C=CC(I)N1CCNC(CC(C)C)C1. The molecule has 14 heavy (non-hydrogen) atoms. The van der Waals surface area contributed by atoms with Crippen LogP contribution in [0, 0.1) is 5.92 Å². The predicted octanol–water partition coefficient (Wildman–Crippen LogP) is 2.25. The number of rotatable bonds is 4. The molecule has 1 N–H and O–H groups in total. The van der Waals surface area contributed by atoms with Gasteiger partial charge in [-0.3, -0.25) is 4.90 Å². The minimum absolute atomic E-state index is 0.490. The number of piperazine rings is 1. The summed E-state index contributed by atoms with van der Waals surface area (Å²) in [6, 6.07) is 0.668. The van der Waals surface area contributed by atoms with E-state index in [-0.39, 0.29) is 0 Å². The third kappa shape index (κ3) is 3.87. The van der Waals surface area contributed by atoms with Crippen LogP contribution in [0.15, 0.2) is 12.7 Å². The molecule has 1 heterocycles. The molecule has 0 radical (unpaired) electrons. The molecule has 2 unspecified atom stereocenters. The maximum atomic E-state index is 3.85. The molecule has 0 aromatic heterocycles. The van der Waals surface area contributed by atoms with Crippen LogP contribution < -0.4 is 5.32 Å². The number of hydrogen-bond acceptors (Lipinski definition) is 2. The summed E-state index contributed by atoms with van der Waals surface area (Å²) in [6.45, 7) is 11.9. The van der Waals surface area contributed by atoms with Crippen molar-refractivity contribution in [2.45, 2.75) is 30.4 Å². The lowest BCUT2D eigenvalue weighted by molar-refractivity contribution is 0.196. The Morgan fingerprint density at radius 3 is 2.93 bits per heavy atom. The molecule has 1 rings (SSSR count). The van der Waals surface area contributed by atoms with Gasteiger partial charge in [0.15, 0.2) is 0 Å². The normalized spacial score (nSPS) is 26.4. The maximum absolute atomic E-state index is 3.85.